The molecule has 2 fully saturated rings. The minimum atomic E-state index is -0.804. The summed E-state index contributed by atoms with van der Waals surface area (Å²) < 4.78 is 0. The highest BCUT2D eigenvalue weighted by atomic mass is 16.4. The summed E-state index contributed by atoms with van der Waals surface area (Å²) in [5, 5.41) is 12.2. The molecule has 1 atom stereocenters. The van der Waals surface area contributed by atoms with E-state index in [0.29, 0.717) is 26.1 Å². The highest BCUT2D eigenvalue weighted by Gasteiger charge is 2.39. The lowest BCUT2D eigenvalue weighted by Gasteiger charge is -2.37. The van der Waals surface area contributed by atoms with E-state index in [1.54, 1.807) is 11.8 Å². The Labute approximate surface area is 127 Å². The number of hydrogen-bond donors (Lipinski definition) is 2. The van der Waals surface area contributed by atoms with E-state index in [1.165, 1.54) is 32.1 Å². The van der Waals surface area contributed by atoms with Crippen LogP contribution in [0.25, 0.3) is 0 Å². The Bertz CT molecular complexity index is 380. The third kappa shape index (κ3) is 4.35. The Kier molecular flexibility index (Phi) is 5.48. The molecule has 2 rings (SSSR count). The number of piperidine rings is 1. The largest absolute Gasteiger partial charge is 0.481 e. The molecular weight excluding hydrogens is 268 g/mol. The third-order valence-corrected chi connectivity index (χ3v) is 5.04. The summed E-state index contributed by atoms with van der Waals surface area (Å²) in [6, 6.07) is -0.103. The first-order chi connectivity index (χ1) is 10.0. The van der Waals surface area contributed by atoms with Crippen LogP contribution in [0, 0.1) is 11.3 Å². The number of hydrogen-bond acceptors (Lipinski definition) is 2. The van der Waals surface area contributed by atoms with Crippen molar-refractivity contribution >= 4 is 12.0 Å². The van der Waals surface area contributed by atoms with Crippen LogP contribution in [0.3, 0.4) is 0 Å². The van der Waals surface area contributed by atoms with Gasteiger partial charge in [0.15, 0.2) is 0 Å². The van der Waals surface area contributed by atoms with Crippen molar-refractivity contribution < 1.29 is 14.7 Å². The molecular formula is C16H28N2O3. The van der Waals surface area contributed by atoms with Gasteiger partial charge < -0.3 is 15.3 Å². The highest BCUT2D eigenvalue weighted by molar-refractivity contribution is 5.78. The molecule has 1 aliphatic carbocycles. The first-order valence-electron chi connectivity index (χ1n) is 8.27. The quantitative estimate of drug-likeness (QED) is 0.766. The number of carbonyl (C=O) groups excluding carboxylic acids is 1. The molecule has 0 bridgehead atoms. The van der Waals surface area contributed by atoms with Gasteiger partial charge in [0, 0.05) is 19.6 Å². The SMILES string of the molecule is CC1(C(=O)O)CCCN(C(=O)NCCCC2CCCC2)C1. The fourth-order valence-corrected chi connectivity index (χ4v) is 3.58. The summed E-state index contributed by atoms with van der Waals surface area (Å²) in [7, 11) is 0. The van der Waals surface area contributed by atoms with Crippen LogP contribution in [0.2, 0.25) is 0 Å². The fourth-order valence-electron chi connectivity index (χ4n) is 3.58. The number of amides is 2. The van der Waals surface area contributed by atoms with Crippen LogP contribution in [0.15, 0.2) is 0 Å². The molecule has 5 heteroatoms. The zero-order valence-corrected chi connectivity index (χ0v) is 13.1. The smallest absolute Gasteiger partial charge is 0.317 e. The average molecular weight is 296 g/mol. The predicted octanol–water partition coefficient (Wildman–Crippen LogP) is 2.85. The van der Waals surface area contributed by atoms with Crippen LogP contribution in [-0.2, 0) is 4.79 Å². The van der Waals surface area contributed by atoms with E-state index in [1.807, 2.05) is 0 Å². The molecule has 2 N–H and O–H groups in total. The number of nitrogens with zero attached hydrogens (tertiary/aromatic N) is 1. The molecule has 0 aromatic heterocycles. The minimum absolute atomic E-state index is 0.103. The van der Waals surface area contributed by atoms with Crippen molar-refractivity contribution in [2.45, 2.75) is 58.3 Å². The molecule has 0 aromatic rings. The topological polar surface area (TPSA) is 69.6 Å². The molecule has 21 heavy (non-hydrogen) atoms. The Morgan fingerprint density at radius 1 is 1.29 bits per heavy atom. The Morgan fingerprint density at radius 3 is 2.67 bits per heavy atom. The highest BCUT2D eigenvalue weighted by Crippen LogP contribution is 2.30. The second-order valence-corrected chi connectivity index (χ2v) is 6.92. The van der Waals surface area contributed by atoms with Crippen molar-refractivity contribution in [2.75, 3.05) is 19.6 Å². The number of rotatable bonds is 5. The van der Waals surface area contributed by atoms with E-state index in [4.69, 9.17) is 0 Å². The van der Waals surface area contributed by atoms with E-state index >= 15 is 0 Å². The minimum Gasteiger partial charge on any atom is -0.481 e. The maximum atomic E-state index is 12.1. The molecule has 1 saturated heterocycles. The number of likely N-dealkylation sites (tertiary alicyclic amines) is 1. The Balaban J connectivity index is 1.68. The second kappa shape index (κ2) is 7.14. The summed E-state index contributed by atoms with van der Waals surface area (Å²) in [6.45, 7) is 3.42. The van der Waals surface area contributed by atoms with Crippen LogP contribution in [-0.4, -0.2) is 41.6 Å². The zero-order valence-electron chi connectivity index (χ0n) is 13.1. The molecule has 1 heterocycles. The second-order valence-electron chi connectivity index (χ2n) is 6.92. The summed E-state index contributed by atoms with van der Waals surface area (Å²) >= 11 is 0. The van der Waals surface area contributed by atoms with Gasteiger partial charge >= 0.3 is 12.0 Å². The summed E-state index contributed by atoms with van der Waals surface area (Å²) in [4.78, 5) is 25.1. The van der Waals surface area contributed by atoms with E-state index in [0.717, 1.165) is 18.8 Å². The molecule has 120 valence electrons. The van der Waals surface area contributed by atoms with Crippen molar-refractivity contribution in [1.82, 2.24) is 10.2 Å². The lowest BCUT2D eigenvalue weighted by atomic mass is 9.82. The van der Waals surface area contributed by atoms with Crippen molar-refractivity contribution in [3.05, 3.63) is 0 Å². The lowest BCUT2D eigenvalue weighted by Crippen LogP contribution is -2.51. The van der Waals surface area contributed by atoms with Crippen LogP contribution in [0.5, 0.6) is 0 Å². The van der Waals surface area contributed by atoms with Gasteiger partial charge in [-0.3, -0.25) is 4.79 Å². The molecule has 1 unspecified atom stereocenters. The van der Waals surface area contributed by atoms with Crippen LogP contribution >= 0.6 is 0 Å². The van der Waals surface area contributed by atoms with Crippen molar-refractivity contribution in [3.63, 3.8) is 0 Å². The molecule has 0 aromatic carbocycles. The van der Waals surface area contributed by atoms with Gasteiger partial charge in [-0.2, -0.15) is 0 Å². The van der Waals surface area contributed by atoms with Gasteiger partial charge in [-0.15, -0.1) is 0 Å². The lowest BCUT2D eigenvalue weighted by molar-refractivity contribution is -0.150. The zero-order chi connectivity index (χ0) is 15.3. The normalized spacial score (nSPS) is 26.8. The van der Waals surface area contributed by atoms with Gasteiger partial charge in [0.1, 0.15) is 0 Å². The number of nitrogens with one attached hydrogen (secondary N) is 1. The Hall–Kier alpha value is -1.26. The van der Waals surface area contributed by atoms with Crippen molar-refractivity contribution in [3.8, 4) is 0 Å². The summed E-state index contributed by atoms with van der Waals surface area (Å²) in [6.07, 6.45) is 9.05. The van der Waals surface area contributed by atoms with Gasteiger partial charge in [-0.25, -0.2) is 4.79 Å². The molecule has 0 radical (unpaired) electrons. The monoisotopic (exact) mass is 296 g/mol. The number of carboxylic acid groups (broad SMARTS) is 1. The predicted molar refractivity (Wildman–Crippen MR) is 81.1 cm³/mol. The number of carboxylic acids is 1. The molecule has 2 amide bonds. The number of aliphatic carboxylic acids is 1. The van der Waals surface area contributed by atoms with E-state index in [2.05, 4.69) is 5.32 Å². The van der Waals surface area contributed by atoms with Crippen LogP contribution < -0.4 is 5.32 Å². The van der Waals surface area contributed by atoms with Crippen molar-refractivity contribution in [1.29, 1.82) is 0 Å². The van der Waals surface area contributed by atoms with Crippen molar-refractivity contribution in [2.24, 2.45) is 11.3 Å². The third-order valence-electron chi connectivity index (χ3n) is 5.04. The fraction of sp³-hybridized carbons (Fsp3) is 0.875. The summed E-state index contributed by atoms with van der Waals surface area (Å²) in [5.41, 5.74) is -0.792. The van der Waals surface area contributed by atoms with Crippen LogP contribution in [0.1, 0.15) is 58.3 Å². The van der Waals surface area contributed by atoms with Gasteiger partial charge in [-0.1, -0.05) is 25.7 Å². The molecule has 1 saturated carbocycles. The molecule has 5 nitrogen and oxygen atoms in total. The van der Waals surface area contributed by atoms with E-state index < -0.39 is 11.4 Å². The van der Waals surface area contributed by atoms with E-state index in [9.17, 15) is 14.7 Å². The Morgan fingerprint density at radius 2 is 2.00 bits per heavy atom. The molecule has 0 spiro atoms. The van der Waals surface area contributed by atoms with Gasteiger partial charge in [0.25, 0.3) is 0 Å². The maximum Gasteiger partial charge on any atom is 0.317 e. The van der Waals surface area contributed by atoms with Gasteiger partial charge in [0.2, 0.25) is 0 Å². The van der Waals surface area contributed by atoms with Gasteiger partial charge in [-0.05, 0) is 38.5 Å². The number of carbonyl (C=O) groups is 2. The number of urea groups is 1. The first kappa shape index (κ1) is 16.1. The summed E-state index contributed by atoms with van der Waals surface area (Å²) in [5.74, 6) is 0.0495. The average Bonchev–Trinajstić information content (AvgIpc) is 2.96. The maximum absolute atomic E-state index is 12.1. The molecule has 1 aliphatic heterocycles. The van der Waals surface area contributed by atoms with Crippen LogP contribution in [0.4, 0.5) is 4.79 Å². The molecule has 2 aliphatic rings. The van der Waals surface area contributed by atoms with Gasteiger partial charge in [0.05, 0.1) is 5.41 Å². The standard InChI is InChI=1S/C16H28N2O3/c1-16(14(19)20)9-5-11-18(12-16)15(21)17-10-4-8-13-6-2-3-7-13/h13H,2-12H2,1H3,(H,17,21)(H,19,20). The van der Waals surface area contributed by atoms with E-state index in [-0.39, 0.29) is 6.03 Å². The first-order valence-corrected chi connectivity index (χ1v) is 8.27.